The molecule has 0 heteroatoms. The molecule has 0 aliphatic heterocycles. The first-order valence-corrected chi connectivity index (χ1v) is 18.7. The highest BCUT2D eigenvalue weighted by Crippen LogP contribution is 2.57. The van der Waals surface area contributed by atoms with E-state index < -0.39 is 0 Å². The maximum Gasteiger partial charge on any atom is 0.0227 e. The van der Waals surface area contributed by atoms with Crippen molar-refractivity contribution in [2.45, 2.75) is 51.9 Å². The summed E-state index contributed by atoms with van der Waals surface area (Å²) in [6, 6.07) is 57.4. The summed E-state index contributed by atoms with van der Waals surface area (Å²) < 4.78 is 0. The predicted molar refractivity (Wildman–Crippen MR) is 221 cm³/mol. The second-order valence-corrected chi connectivity index (χ2v) is 16.0. The number of benzene rings is 8. The van der Waals surface area contributed by atoms with Gasteiger partial charge in [0.15, 0.2) is 0 Å². The molecule has 0 saturated carbocycles. The highest BCUT2D eigenvalue weighted by atomic mass is 14.5. The van der Waals surface area contributed by atoms with Gasteiger partial charge in [-0.1, -0.05) is 166 Å². The molecule has 8 aromatic carbocycles. The van der Waals surface area contributed by atoms with Gasteiger partial charge in [0.1, 0.15) is 0 Å². The van der Waals surface area contributed by atoms with Crippen LogP contribution in [0.25, 0.3) is 66.1 Å². The fourth-order valence-corrected chi connectivity index (χ4v) is 10.1. The summed E-state index contributed by atoms with van der Waals surface area (Å²) in [5.74, 6) is 0. The van der Waals surface area contributed by atoms with Crippen LogP contribution in [-0.2, 0) is 17.3 Å². The van der Waals surface area contributed by atoms with Gasteiger partial charge in [-0.2, -0.15) is 0 Å². The van der Waals surface area contributed by atoms with E-state index in [1.54, 1.807) is 0 Å². The number of hydrogen-bond donors (Lipinski definition) is 0. The second kappa shape index (κ2) is 11.1. The SMILES string of the molecule is Cc1ccc(-c2ccc3c(c2)C(C)(Cc2cccc4c2-c2cccc(-c5ccc(C)c6ccccc56)c2C4(C)C)c2ccccc2-3)c2ccccc12. The lowest BCUT2D eigenvalue weighted by molar-refractivity contribution is 0.583. The molecule has 2 aliphatic carbocycles. The third-order valence-corrected chi connectivity index (χ3v) is 12.6. The molecule has 1 unspecified atom stereocenters. The average molecular weight is 667 g/mol. The molecule has 250 valence electrons. The highest BCUT2D eigenvalue weighted by molar-refractivity contribution is 6.02. The van der Waals surface area contributed by atoms with Gasteiger partial charge in [0.25, 0.3) is 0 Å². The minimum atomic E-state index is -0.199. The van der Waals surface area contributed by atoms with Crippen LogP contribution in [0.4, 0.5) is 0 Å². The minimum absolute atomic E-state index is 0.144. The molecule has 2 aliphatic rings. The summed E-state index contributed by atoms with van der Waals surface area (Å²) >= 11 is 0. The van der Waals surface area contributed by atoms with Crippen molar-refractivity contribution in [1.82, 2.24) is 0 Å². The van der Waals surface area contributed by atoms with Crippen LogP contribution < -0.4 is 0 Å². The summed E-state index contributed by atoms with van der Waals surface area (Å²) in [7, 11) is 0. The van der Waals surface area contributed by atoms with E-state index in [1.807, 2.05) is 0 Å². The van der Waals surface area contributed by atoms with Gasteiger partial charge in [0.05, 0.1) is 0 Å². The molecule has 10 rings (SSSR count). The van der Waals surface area contributed by atoms with E-state index in [2.05, 4.69) is 186 Å². The zero-order chi connectivity index (χ0) is 35.4. The standard InChI is InChI=1S/C52H42/c1-32-24-27-38(39-17-8-6-15-36(32)39)34-26-29-43-42-19-10-11-22-46(42)52(5,48(43)30-34)31-35-14-12-23-47-49(35)45-21-13-20-44(50(45)51(47,3)4)41-28-25-33(2)37-16-7-9-18-40(37)41/h6-30H,31H2,1-5H3. The lowest BCUT2D eigenvalue weighted by Crippen LogP contribution is -2.24. The quantitative estimate of drug-likeness (QED) is 0.175. The molecular weight excluding hydrogens is 625 g/mol. The van der Waals surface area contributed by atoms with E-state index in [0.717, 1.165) is 6.42 Å². The summed E-state index contributed by atoms with van der Waals surface area (Å²) in [4.78, 5) is 0. The van der Waals surface area contributed by atoms with E-state index in [1.165, 1.54) is 105 Å². The van der Waals surface area contributed by atoms with Crippen LogP contribution in [0.2, 0.25) is 0 Å². The predicted octanol–water partition coefficient (Wildman–Crippen LogP) is 13.8. The molecule has 0 fully saturated rings. The van der Waals surface area contributed by atoms with Gasteiger partial charge in [-0.25, -0.2) is 0 Å². The first-order valence-electron chi connectivity index (χ1n) is 18.7. The summed E-state index contributed by atoms with van der Waals surface area (Å²) in [5, 5.41) is 5.30. The van der Waals surface area contributed by atoms with E-state index in [0.29, 0.717) is 0 Å². The molecule has 0 heterocycles. The Labute approximate surface area is 307 Å². The van der Waals surface area contributed by atoms with Crippen LogP contribution in [0, 0.1) is 13.8 Å². The maximum atomic E-state index is 2.51. The Kier molecular flexibility index (Phi) is 6.65. The van der Waals surface area contributed by atoms with Crippen LogP contribution >= 0.6 is 0 Å². The Morgan fingerprint density at radius 2 is 0.942 bits per heavy atom. The van der Waals surface area contributed by atoms with E-state index in [-0.39, 0.29) is 10.8 Å². The zero-order valence-electron chi connectivity index (χ0n) is 30.6. The number of rotatable bonds is 4. The molecule has 0 amide bonds. The molecule has 0 nitrogen and oxygen atoms in total. The number of aryl methyl sites for hydroxylation is 2. The Hall–Kier alpha value is -5.72. The van der Waals surface area contributed by atoms with Crippen molar-refractivity contribution in [3.63, 3.8) is 0 Å². The van der Waals surface area contributed by atoms with Gasteiger partial charge < -0.3 is 0 Å². The molecule has 0 aromatic heterocycles. The van der Waals surface area contributed by atoms with Crippen LogP contribution in [0.15, 0.2) is 152 Å². The largest absolute Gasteiger partial charge is 0.0619 e. The molecule has 1 atom stereocenters. The first kappa shape index (κ1) is 31.1. The first-order chi connectivity index (χ1) is 25.3. The van der Waals surface area contributed by atoms with Gasteiger partial charge in [-0.15, -0.1) is 0 Å². The monoisotopic (exact) mass is 666 g/mol. The Bertz CT molecular complexity index is 2770. The second-order valence-electron chi connectivity index (χ2n) is 16.0. The third-order valence-electron chi connectivity index (χ3n) is 12.6. The van der Waals surface area contributed by atoms with Crippen molar-refractivity contribution in [2.75, 3.05) is 0 Å². The lowest BCUT2D eigenvalue weighted by Gasteiger charge is -2.30. The molecular formula is C52H42. The molecule has 8 aromatic rings. The van der Waals surface area contributed by atoms with E-state index >= 15 is 0 Å². The van der Waals surface area contributed by atoms with Crippen molar-refractivity contribution in [2.24, 2.45) is 0 Å². The number of hydrogen-bond acceptors (Lipinski definition) is 0. The summed E-state index contributed by atoms with van der Waals surface area (Å²) in [5.41, 5.74) is 20.2. The van der Waals surface area contributed by atoms with Crippen molar-refractivity contribution in [1.29, 1.82) is 0 Å². The minimum Gasteiger partial charge on any atom is -0.0619 e. The Balaban J connectivity index is 1.15. The van der Waals surface area contributed by atoms with Crippen LogP contribution in [-0.4, -0.2) is 0 Å². The normalized spacial score (nSPS) is 16.5. The van der Waals surface area contributed by atoms with Gasteiger partial charge in [0, 0.05) is 10.8 Å². The fraction of sp³-hybridized carbons (Fsp3) is 0.154. The fourth-order valence-electron chi connectivity index (χ4n) is 10.1. The molecule has 0 bridgehead atoms. The maximum absolute atomic E-state index is 2.51. The van der Waals surface area contributed by atoms with E-state index in [9.17, 15) is 0 Å². The summed E-state index contributed by atoms with van der Waals surface area (Å²) in [6.07, 6.45) is 0.922. The smallest absolute Gasteiger partial charge is 0.0227 e. The molecule has 52 heavy (non-hydrogen) atoms. The van der Waals surface area contributed by atoms with Crippen LogP contribution in [0.5, 0.6) is 0 Å². The van der Waals surface area contributed by atoms with Crippen molar-refractivity contribution < 1.29 is 0 Å². The zero-order valence-corrected chi connectivity index (χ0v) is 30.6. The Morgan fingerprint density at radius 1 is 0.404 bits per heavy atom. The molecule has 0 spiro atoms. The Morgan fingerprint density at radius 3 is 1.69 bits per heavy atom. The molecule has 0 saturated heterocycles. The topological polar surface area (TPSA) is 0 Å². The van der Waals surface area contributed by atoms with Gasteiger partial charge >= 0.3 is 0 Å². The third kappa shape index (κ3) is 4.28. The molecule has 0 radical (unpaired) electrons. The average Bonchev–Trinajstić information content (AvgIpc) is 3.56. The van der Waals surface area contributed by atoms with Crippen molar-refractivity contribution in [3.05, 3.63) is 191 Å². The van der Waals surface area contributed by atoms with Crippen LogP contribution in [0.1, 0.15) is 59.7 Å². The van der Waals surface area contributed by atoms with Gasteiger partial charge in [-0.05, 0) is 131 Å². The summed E-state index contributed by atoms with van der Waals surface area (Å²) in [6.45, 7) is 11.8. The molecule has 0 N–H and O–H groups in total. The van der Waals surface area contributed by atoms with E-state index in [4.69, 9.17) is 0 Å². The van der Waals surface area contributed by atoms with Gasteiger partial charge in [-0.3, -0.25) is 0 Å². The highest BCUT2D eigenvalue weighted by Gasteiger charge is 2.43. The van der Waals surface area contributed by atoms with Gasteiger partial charge in [0.2, 0.25) is 0 Å². The van der Waals surface area contributed by atoms with Crippen molar-refractivity contribution >= 4 is 21.5 Å². The lowest BCUT2D eigenvalue weighted by atomic mass is 9.73. The van der Waals surface area contributed by atoms with Crippen LogP contribution in [0.3, 0.4) is 0 Å². The van der Waals surface area contributed by atoms with Crippen molar-refractivity contribution in [3.8, 4) is 44.5 Å². The number of fused-ring (bicyclic) bond motifs is 8.